The number of carbonyl (C=O) groups is 1. The third-order valence-electron chi connectivity index (χ3n) is 2.39. The predicted octanol–water partition coefficient (Wildman–Crippen LogP) is 2.38. The lowest BCUT2D eigenvalue weighted by Gasteiger charge is -2.11. The fraction of sp³-hybridized carbons (Fsp3) is 0.100. The van der Waals surface area contributed by atoms with Gasteiger partial charge < -0.3 is 5.73 Å². The Kier molecular flexibility index (Phi) is 3.38. The number of rotatable bonds is 2. The van der Waals surface area contributed by atoms with Crippen molar-refractivity contribution in [3.05, 3.63) is 34.2 Å². The van der Waals surface area contributed by atoms with Gasteiger partial charge in [0.25, 0.3) is 5.91 Å². The smallest absolute Gasteiger partial charge is 0.364 e. The summed E-state index contributed by atoms with van der Waals surface area (Å²) in [4.78, 5) is 11.0. The van der Waals surface area contributed by atoms with Gasteiger partial charge in [-0.2, -0.15) is 28.6 Å². The van der Waals surface area contributed by atoms with E-state index in [1.165, 1.54) is 0 Å². The average molecular weight is 309 g/mol. The number of primary amides is 1. The number of H-pyrrole nitrogens is 1. The van der Waals surface area contributed by atoms with Gasteiger partial charge in [-0.1, -0.05) is 11.6 Å². The number of amides is 1. The van der Waals surface area contributed by atoms with Gasteiger partial charge in [-0.15, -0.1) is 0 Å². The van der Waals surface area contributed by atoms with Crippen LogP contribution in [0.5, 0.6) is 0 Å². The minimum absolute atomic E-state index is 0.293. The highest BCUT2D eigenvalue weighted by Crippen LogP contribution is 2.38. The molecule has 1 amide bonds. The predicted molar refractivity (Wildman–Crippen MR) is 60.3 cm³/mol. The fourth-order valence-electron chi connectivity index (χ4n) is 1.54. The van der Waals surface area contributed by atoms with Crippen LogP contribution in [0.2, 0.25) is 5.02 Å². The second-order valence-corrected chi connectivity index (χ2v) is 4.08. The molecule has 1 aromatic carbocycles. The Balaban J connectivity index is 2.67. The number of benzene rings is 1. The molecule has 0 radical (unpaired) electrons. The van der Waals surface area contributed by atoms with Crippen molar-refractivity contribution in [2.24, 2.45) is 5.73 Å². The lowest BCUT2D eigenvalue weighted by atomic mass is 10.1. The van der Waals surface area contributed by atoms with Crippen LogP contribution in [-0.4, -0.2) is 21.3 Å². The molecule has 0 fully saturated rings. The molecule has 2 aromatic rings. The lowest BCUT2D eigenvalue weighted by Crippen LogP contribution is -2.13. The summed E-state index contributed by atoms with van der Waals surface area (Å²) in [5.41, 5.74) is 2.59. The number of nitrogens with two attached hydrogens (primary N) is 1. The van der Waals surface area contributed by atoms with Crippen LogP contribution in [0.3, 0.4) is 0 Å². The zero-order valence-electron chi connectivity index (χ0n) is 9.42. The summed E-state index contributed by atoms with van der Waals surface area (Å²) in [6, 6.07) is 1.28. The quantitative estimate of drug-likeness (QED) is 0.835. The zero-order valence-corrected chi connectivity index (χ0v) is 10.2. The van der Waals surface area contributed by atoms with Crippen LogP contribution in [-0.2, 0) is 6.18 Å². The van der Waals surface area contributed by atoms with Gasteiger partial charge >= 0.3 is 6.18 Å². The van der Waals surface area contributed by atoms with Crippen molar-refractivity contribution in [2.45, 2.75) is 6.18 Å². The molecule has 106 valence electrons. The Morgan fingerprint density at radius 3 is 2.50 bits per heavy atom. The van der Waals surface area contributed by atoms with Crippen molar-refractivity contribution in [3.63, 3.8) is 0 Å². The second kappa shape index (κ2) is 4.75. The molecule has 0 saturated heterocycles. The maximum Gasteiger partial charge on any atom is 0.417 e. The van der Waals surface area contributed by atoms with Gasteiger partial charge in [0.2, 0.25) is 0 Å². The number of halogens is 5. The number of aromatic nitrogens is 3. The number of alkyl halides is 3. The molecule has 0 unspecified atom stereocenters. The highest BCUT2D eigenvalue weighted by Gasteiger charge is 2.35. The molecule has 1 heterocycles. The number of carbonyl (C=O) groups excluding carboxylic acids is 1. The van der Waals surface area contributed by atoms with Crippen molar-refractivity contribution in [2.75, 3.05) is 0 Å². The van der Waals surface area contributed by atoms with E-state index >= 15 is 0 Å². The van der Waals surface area contributed by atoms with Gasteiger partial charge in [-0.05, 0) is 12.1 Å². The lowest BCUT2D eigenvalue weighted by molar-refractivity contribution is -0.137. The SMILES string of the molecule is NC(=O)c1n[nH]nc1-c1cc(F)c(Cl)c(C(F)(F)F)c1. The first-order valence-corrected chi connectivity index (χ1v) is 5.36. The summed E-state index contributed by atoms with van der Waals surface area (Å²) in [5, 5.41) is 7.84. The van der Waals surface area contributed by atoms with E-state index in [0.29, 0.717) is 12.1 Å². The van der Waals surface area contributed by atoms with Crippen molar-refractivity contribution in [3.8, 4) is 11.3 Å². The Bertz CT molecular complexity index is 682. The van der Waals surface area contributed by atoms with Crippen LogP contribution in [0, 0.1) is 5.82 Å². The molecule has 0 aliphatic carbocycles. The number of aromatic amines is 1. The van der Waals surface area contributed by atoms with Crippen LogP contribution in [0.25, 0.3) is 11.3 Å². The first kappa shape index (κ1) is 14.3. The molecular formula is C10H5ClF4N4O. The number of hydrogen-bond donors (Lipinski definition) is 2. The molecule has 0 bridgehead atoms. The van der Waals surface area contributed by atoms with E-state index in [1.807, 2.05) is 5.21 Å². The molecule has 1 aromatic heterocycles. The number of nitrogens with zero attached hydrogens (tertiary/aromatic N) is 2. The van der Waals surface area contributed by atoms with Gasteiger partial charge in [0.05, 0.1) is 10.6 Å². The van der Waals surface area contributed by atoms with Crippen LogP contribution in [0.15, 0.2) is 12.1 Å². The Hall–Kier alpha value is -2.16. The summed E-state index contributed by atoms with van der Waals surface area (Å²) in [7, 11) is 0. The van der Waals surface area contributed by atoms with E-state index in [4.69, 9.17) is 17.3 Å². The van der Waals surface area contributed by atoms with Gasteiger partial charge in [0.1, 0.15) is 11.5 Å². The van der Waals surface area contributed by atoms with Gasteiger partial charge in [-0.25, -0.2) is 4.39 Å². The molecule has 5 nitrogen and oxygen atoms in total. The summed E-state index contributed by atoms with van der Waals surface area (Å²) >= 11 is 5.28. The first-order chi connectivity index (χ1) is 9.21. The molecule has 3 N–H and O–H groups in total. The summed E-state index contributed by atoms with van der Waals surface area (Å²) in [6.45, 7) is 0. The third-order valence-corrected chi connectivity index (χ3v) is 2.77. The molecule has 0 aliphatic rings. The largest absolute Gasteiger partial charge is 0.417 e. The van der Waals surface area contributed by atoms with E-state index < -0.39 is 34.2 Å². The van der Waals surface area contributed by atoms with Crippen LogP contribution >= 0.6 is 11.6 Å². The van der Waals surface area contributed by atoms with Crippen LogP contribution in [0.4, 0.5) is 17.6 Å². The van der Waals surface area contributed by atoms with Gasteiger partial charge in [0, 0.05) is 5.56 Å². The van der Waals surface area contributed by atoms with Crippen molar-refractivity contribution < 1.29 is 22.4 Å². The molecular weight excluding hydrogens is 304 g/mol. The van der Waals surface area contributed by atoms with E-state index in [9.17, 15) is 22.4 Å². The molecule has 2 rings (SSSR count). The van der Waals surface area contributed by atoms with E-state index in [1.54, 1.807) is 0 Å². The Morgan fingerprint density at radius 1 is 1.30 bits per heavy atom. The normalized spacial score (nSPS) is 11.7. The molecule has 10 heteroatoms. The van der Waals surface area contributed by atoms with E-state index in [2.05, 4.69) is 10.2 Å². The minimum atomic E-state index is -4.86. The average Bonchev–Trinajstić information content (AvgIpc) is 2.80. The van der Waals surface area contributed by atoms with E-state index in [-0.39, 0.29) is 11.3 Å². The van der Waals surface area contributed by atoms with Crippen molar-refractivity contribution in [1.82, 2.24) is 15.4 Å². The Morgan fingerprint density at radius 2 is 1.95 bits per heavy atom. The number of nitrogens with one attached hydrogen (secondary N) is 1. The highest BCUT2D eigenvalue weighted by atomic mass is 35.5. The van der Waals surface area contributed by atoms with Crippen LogP contribution < -0.4 is 5.73 Å². The van der Waals surface area contributed by atoms with Crippen LogP contribution in [0.1, 0.15) is 16.1 Å². The first-order valence-electron chi connectivity index (χ1n) is 4.99. The van der Waals surface area contributed by atoms with E-state index in [0.717, 1.165) is 0 Å². The minimum Gasteiger partial charge on any atom is -0.364 e. The standard InChI is InChI=1S/C10H5ClF4N4O/c11-6-4(10(13,14)15)1-3(2-5(6)12)7-8(9(16)20)18-19-17-7/h1-2H,(H2,16,20)(H,17,18,19). The van der Waals surface area contributed by atoms with Gasteiger partial charge in [-0.3, -0.25) is 4.79 Å². The maximum absolute atomic E-state index is 13.5. The zero-order chi connectivity index (χ0) is 15.1. The second-order valence-electron chi connectivity index (χ2n) is 3.70. The maximum atomic E-state index is 13.5. The third kappa shape index (κ3) is 2.44. The topological polar surface area (TPSA) is 84.7 Å². The highest BCUT2D eigenvalue weighted by molar-refractivity contribution is 6.31. The summed E-state index contributed by atoms with van der Waals surface area (Å²) in [6.07, 6.45) is -4.86. The molecule has 0 saturated carbocycles. The fourth-order valence-corrected chi connectivity index (χ4v) is 1.75. The summed E-state index contributed by atoms with van der Waals surface area (Å²) < 4.78 is 51.7. The monoisotopic (exact) mass is 308 g/mol. The molecule has 0 atom stereocenters. The molecule has 0 spiro atoms. The molecule has 0 aliphatic heterocycles. The Labute approximate surface area is 113 Å². The van der Waals surface area contributed by atoms with Gasteiger partial charge in [0.15, 0.2) is 5.69 Å². The molecule has 20 heavy (non-hydrogen) atoms. The summed E-state index contributed by atoms with van der Waals surface area (Å²) in [5.74, 6) is -2.31. The van der Waals surface area contributed by atoms with Crippen molar-refractivity contribution in [1.29, 1.82) is 0 Å². The number of hydrogen-bond acceptors (Lipinski definition) is 3. The van der Waals surface area contributed by atoms with Crippen molar-refractivity contribution >= 4 is 17.5 Å².